The Morgan fingerprint density at radius 1 is 1.09 bits per heavy atom. The predicted octanol–water partition coefficient (Wildman–Crippen LogP) is 4.04. The number of aromatic nitrogens is 1. The summed E-state index contributed by atoms with van der Waals surface area (Å²) in [5.74, 6) is 0.737. The number of amides is 3. The molecule has 2 N–H and O–H groups in total. The largest absolute Gasteiger partial charge is 0.457 e. The van der Waals surface area contributed by atoms with Crippen LogP contribution in [0.1, 0.15) is 27.2 Å². The van der Waals surface area contributed by atoms with E-state index >= 15 is 0 Å². The van der Waals surface area contributed by atoms with Crippen LogP contribution in [-0.4, -0.2) is 40.3 Å². The number of anilines is 1. The Balaban J connectivity index is 1.46. The van der Waals surface area contributed by atoms with E-state index in [1.807, 2.05) is 18.2 Å². The Morgan fingerprint density at radius 2 is 1.88 bits per heavy atom. The molecule has 1 aliphatic rings. The number of hydrogen-bond acceptors (Lipinski definition) is 6. The molecule has 174 valence electrons. The molecular weight excluding hydrogens is 438 g/mol. The first-order chi connectivity index (χ1) is 16.3. The zero-order chi connectivity index (χ0) is 24.2. The van der Waals surface area contributed by atoms with Crippen LogP contribution in [0.5, 0.6) is 11.5 Å². The van der Waals surface area contributed by atoms with Crippen molar-refractivity contribution in [3.05, 3.63) is 87.2 Å². The molecule has 1 aliphatic heterocycles. The topological polar surface area (TPSA) is 127 Å². The van der Waals surface area contributed by atoms with Gasteiger partial charge in [0.1, 0.15) is 17.2 Å². The maximum Gasteiger partial charge on any atom is 0.322 e. The smallest absolute Gasteiger partial charge is 0.322 e. The molecule has 0 radical (unpaired) electrons. The van der Waals surface area contributed by atoms with Crippen LogP contribution in [0.15, 0.2) is 54.7 Å². The molecule has 0 bridgehead atoms. The number of nitrogens with one attached hydrogen (secondary N) is 2. The molecule has 0 spiro atoms. The van der Waals surface area contributed by atoms with Gasteiger partial charge in [-0.05, 0) is 48.7 Å². The minimum absolute atomic E-state index is 0.0423. The van der Waals surface area contributed by atoms with Crippen LogP contribution in [0, 0.1) is 17.0 Å². The summed E-state index contributed by atoms with van der Waals surface area (Å²) in [7, 11) is 1.53. The van der Waals surface area contributed by atoms with Crippen molar-refractivity contribution >= 4 is 23.3 Å². The second-order valence-electron chi connectivity index (χ2n) is 7.85. The quantitative estimate of drug-likeness (QED) is 0.436. The summed E-state index contributed by atoms with van der Waals surface area (Å²) in [6.07, 6.45) is 2.17. The maximum atomic E-state index is 12.8. The third-order valence-corrected chi connectivity index (χ3v) is 5.56. The van der Waals surface area contributed by atoms with E-state index < -0.39 is 4.92 Å². The van der Waals surface area contributed by atoms with E-state index in [9.17, 15) is 19.7 Å². The number of ether oxygens (including phenoxy) is 1. The van der Waals surface area contributed by atoms with Crippen molar-refractivity contribution in [2.24, 2.45) is 0 Å². The van der Waals surface area contributed by atoms with Gasteiger partial charge in [0.15, 0.2) is 0 Å². The summed E-state index contributed by atoms with van der Waals surface area (Å²) in [6.45, 7) is 2.54. The first-order valence-electron chi connectivity index (χ1n) is 10.6. The number of carbonyl (C=O) groups excluding carboxylic acids is 2. The van der Waals surface area contributed by atoms with Crippen molar-refractivity contribution in [2.75, 3.05) is 18.9 Å². The van der Waals surface area contributed by atoms with Gasteiger partial charge in [-0.1, -0.05) is 12.1 Å². The molecule has 34 heavy (non-hydrogen) atoms. The third kappa shape index (κ3) is 4.96. The highest BCUT2D eigenvalue weighted by molar-refractivity contribution is 5.92. The van der Waals surface area contributed by atoms with E-state index in [-0.39, 0.29) is 23.3 Å². The van der Waals surface area contributed by atoms with Crippen molar-refractivity contribution in [2.45, 2.75) is 19.9 Å². The van der Waals surface area contributed by atoms with Gasteiger partial charge in [-0.25, -0.2) is 4.79 Å². The maximum absolute atomic E-state index is 12.8. The molecule has 3 aromatic rings. The fourth-order valence-corrected chi connectivity index (χ4v) is 3.72. The number of nitrogens with zero attached hydrogens (tertiary/aromatic N) is 3. The normalized spacial score (nSPS) is 12.5. The van der Waals surface area contributed by atoms with E-state index in [0.29, 0.717) is 42.3 Å². The molecule has 2 heterocycles. The number of urea groups is 1. The first kappa shape index (κ1) is 22.7. The van der Waals surface area contributed by atoms with Crippen LogP contribution < -0.4 is 15.4 Å². The van der Waals surface area contributed by atoms with Crippen LogP contribution >= 0.6 is 0 Å². The van der Waals surface area contributed by atoms with Gasteiger partial charge < -0.3 is 20.3 Å². The lowest BCUT2D eigenvalue weighted by Crippen LogP contribution is -2.38. The molecule has 0 saturated heterocycles. The lowest BCUT2D eigenvalue weighted by molar-refractivity contribution is -0.385. The average Bonchev–Trinajstić information content (AvgIpc) is 2.84. The number of carbonyl (C=O) groups is 2. The van der Waals surface area contributed by atoms with E-state index in [1.54, 1.807) is 36.1 Å². The molecule has 1 aromatic heterocycles. The van der Waals surface area contributed by atoms with E-state index in [2.05, 4.69) is 15.6 Å². The van der Waals surface area contributed by atoms with Crippen LogP contribution in [-0.2, 0) is 13.0 Å². The van der Waals surface area contributed by atoms with Crippen LogP contribution in [0.3, 0.4) is 0 Å². The van der Waals surface area contributed by atoms with Crippen LogP contribution in [0.4, 0.5) is 16.2 Å². The fourth-order valence-electron chi connectivity index (χ4n) is 3.72. The number of hydrogen-bond donors (Lipinski definition) is 2. The lowest BCUT2D eigenvalue weighted by Gasteiger charge is -2.29. The highest BCUT2D eigenvalue weighted by Gasteiger charge is 2.22. The average molecular weight is 461 g/mol. The van der Waals surface area contributed by atoms with Crippen LogP contribution in [0.25, 0.3) is 0 Å². The monoisotopic (exact) mass is 461 g/mol. The van der Waals surface area contributed by atoms with Gasteiger partial charge in [0.2, 0.25) is 0 Å². The Morgan fingerprint density at radius 3 is 2.65 bits per heavy atom. The summed E-state index contributed by atoms with van der Waals surface area (Å²) in [6, 6.07) is 13.2. The highest BCUT2D eigenvalue weighted by atomic mass is 16.6. The van der Waals surface area contributed by atoms with Gasteiger partial charge in [0, 0.05) is 49.7 Å². The van der Waals surface area contributed by atoms with Gasteiger partial charge in [-0.2, -0.15) is 0 Å². The zero-order valence-corrected chi connectivity index (χ0v) is 18.7. The molecule has 3 amide bonds. The lowest BCUT2D eigenvalue weighted by atomic mass is 10.00. The van der Waals surface area contributed by atoms with E-state index in [1.165, 1.54) is 19.3 Å². The summed E-state index contributed by atoms with van der Waals surface area (Å²) >= 11 is 0. The van der Waals surface area contributed by atoms with Gasteiger partial charge in [0.05, 0.1) is 4.92 Å². The van der Waals surface area contributed by atoms with Crippen molar-refractivity contribution in [1.29, 1.82) is 0 Å². The van der Waals surface area contributed by atoms with E-state index in [4.69, 9.17) is 4.74 Å². The molecular formula is C24H23N5O5. The predicted molar refractivity (Wildman–Crippen MR) is 125 cm³/mol. The minimum atomic E-state index is -0.468. The number of fused-ring (bicyclic) bond motifs is 1. The van der Waals surface area contributed by atoms with Crippen molar-refractivity contribution in [1.82, 2.24) is 15.2 Å². The van der Waals surface area contributed by atoms with E-state index in [0.717, 1.165) is 11.1 Å². The zero-order valence-electron chi connectivity index (χ0n) is 18.7. The van der Waals surface area contributed by atoms with Gasteiger partial charge in [-0.15, -0.1) is 0 Å². The molecule has 0 saturated carbocycles. The molecule has 0 fully saturated rings. The molecule has 4 rings (SSSR count). The highest BCUT2D eigenvalue weighted by Crippen LogP contribution is 2.28. The molecule has 10 heteroatoms. The molecule has 10 nitrogen and oxygen atoms in total. The van der Waals surface area contributed by atoms with Gasteiger partial charge in [-0.3, -0.25) is 19.9 Å². The number of pyridine rings is 1. The van der Waals surface area contributed by atoms with Crippen molar-refractivity contribution in [3.8, 4) is 11.5 Å². The summed E-state index contributed by atoms with van der Waals surface area (Å²) in [5, 5.41) is 16.4. The summed E-state index contributed by atoms with van der Waals surface area (Å²) in [4.78, 5) is 41.0. The Kier molecular flexibility index (Phi) is 6.39. The number of nitro groups is 1. The first-order valence-corrected chi connectivity index (χ1v) is 10.6. The number of benzene rings is 2. The van der Waals surface area contributed by atoms with Crippen LogP contribution in [0.2, 0.25) is 0 Å². The third-order valence-electron chi connectivity index (χ3n) is 5.56. The molecule has 0 unspecified atom stereocenters. The standard InChI is InChI=1S/C24H23N5O5/c1-15-3-5-18(12-22(15)29(32)33)27-24(31)28-10-8-16-4-6-19(11-17(16)14-28)34-20-7-9-26-21(13-20)23(30)25-2/h3-7,9,11-13H,8,10,14H2,1-2H3,(H,25,30)(H,27,31). The van der Waals surface area contributed by atoms with Crippen molar-refractivity contribution in [3.63, 3.8) is 0 Å². The number of rotatable bonds is 5. The SMILES string of the molecule is CNC(=O)c1cc(Oc2ccc3c(c2)CN(C(=O)Nc2ccc(C)c([N+](=O)[O-])c2)CC3)ccn1. The molecule has 2 aromatic carbocycles. The fraction of sp³-hybridized carbons (Fsp3) is 0.208. The van der Waals surface area contributed by atoms with Gasteiger partial charge >= 0.3 is 6.03 Å². The second-order valence-corrected chi connectivity index (χ2v) is 7.85. The number of aryl methyl sites for hydroxylation is 1. The summed E-state index contributed by atoms with van der Waals surface area (Å²) in [5.41, 5.74) is 3.16. The Bertz CT molecular complexity index is 1280. The molecule has 0 atom stereocenters. The summed E-state index contributed by atoms with van der Waals surface area (Å²) < 4.78 is 5.92. The Labute approximate surface area is 195 Å². The minimum Gasteiger partial charge on any atom is -0.457 e. The Hall–Kier alpha value is -4.47. The van der Waals surface area contributed by atoms with Crippen molar-refractivity contribution < 1.29 is 19.2 Å². The van der Waals surface area contributed by atoms with Gasteiger partial charge in [0.25, 0.3) is 11.6 Å². The second kappa shape index (κ2) is 9.57. The molecule has 0 aliphatic carbocycles. The number of nitro benzene ring substituents is 1.